The van der Waals surface area contributed by atoms with Gasteiger partial charge in [0, 0.05) is 12.3 Å². The molecule has 0 aliphatic heterocycles. The van der Waals surface area contributed by atoms with Crippen molar-refractivity contribution >= 4 is 26.9 Å². The fourth-order valence-electron chi connectivity index (χ4n) is 3.34. The van der Waals surface area contributed by atoms with Gasteiger partial charge in [0.1, 0.15) is 15.6 Å². The smallest absolute Gasteiger partial charge is 0.225 e. The Balaban J connectivity index is 1.58. The van der Waals surface area contributed by atoms with E-state index >= 15 is 0 Å². The molecule has 0 saturated heterocycles. The van der Waals surface area contributed by atoms with Crippen molar-refractivity contribution in [1.82, 2.24) is 25.0 Å². The zero-order valence-corrected chi connectivity index (χ0v) is 15.8. The normalized spacial score (nSPS) is 20.1. The number of hydrogen-bond donors (Lipinski definition) is 1. The highest BCUT2D eigenvalue weighted by Crippen LogP contribution is 2.27. The highest BCUT2D eigenvalue weighted by Gasteiger charge is 2.31. The van der Waals surface area contributed by atoms with Crippen molar-refractivity contribution in [1.29, 1.82) is 0 Å². The molecule has 142 valence electrons. The van der Waals surface area contributed by atoms with E-state index in [1.165, 1.54) is 6.26 Å². The van der Waals surface area contributed by atoms with Crippen LogP contribution in [-0.2, 0) is 9.84 Å². The molecule has 1 aliphatic rings. The van der Waals surface area contributed by atoms with Crippen LogP contribution in [0, 0.1) is 0 Å². The van der Waals surface area contributed by atoms with Gasteiger partial charge in [0.2, 0.25) is 5.95 Å². The molecular formula is C17H20N6O3S. The molecule has 1 aliphatic carbocycles. The van der Waals surface area contributed by atoms with Gasteiger partial charge in [-0.1, -0.05) is 5.21 Å². The van der Waals surface area contributed by atoms with Crippen LogP contribution in [0.2, 0.25) is 0 Å². The number of methoxy groups -OCH3 is 1. The van der Waals surface area contributed by atoms with Crippen LogP contribution in [0.5, 0.6) is 5.75 Å². The molecule has 0 radical (unpaired) electrons. The van der Waals surface area contributed by atoms with Crippen molar-refractivity contribution in [3.05, 3.63) is 30.5 Å². The lowest BCUT2D eigenvalue weighted by molar-refractivity contribution is 0.414. The first-order chi connectivity index (χ1) is 12.9. The third kappa shape index (κ3) is 3.57. The van der Waals surface area contributed by atoms with Crippen molar-refractivity contribution in [2.75, 3.05) is 18.7 Å². The third-order valence-electron chi connectivity index (χ3n) is 4.83. The van der Waals surface area contributed by atoms with Crippen molar-refractivity contribution in [3.63, 3.8) is 0 Å². The molecule has 0 unspecified atom stereocenters. The van der Waals surface area contributed by atoms with Gasteiger partial charge in [0.15, 0.2) is 11.2 Å². The van der Waals surface area contributed by atoms with Crippen LogP contribution in [0.25, 0.3) is 16.9 Å². The second-order valence-electron chi connectivity index (χ2n) is 6.71. The summed E-state index contributed by atoms with van der Waals surface area (Å²) < 4.78 is 30.3. The second kappa shape index (κ2) is 6.76. The molecule has 1 fully saturated rings. The molecule has 4 rings (SSSR count). The van der Waals surface area contributed by atoms with Crippen molar-refractivity contribution in [2.24, 2.45) is 0 Å². The standard InChI is InChI=1S/C17H20N6O3S/c1-26-13-6-4-12(5-7-13)23-16-15(21-22-23)10-18-17(20-16)19-11-3-8-14(9-11)27(2,24)25/h4-7,10-11,14H,3,8-9H2,1-2H3,(H,18,19,20)/t11-,14+/m0/s1. The summed E-state index contributed by atoms with van der Waals surface area (Å²) in [5.41, 5.74) is 1.97. The van der Waals surface area contributed by atoms with E-state index in [4.69, 9.17) is 4.74 Å². The molecule has 10 heteroatoms. The number of nitrogens with zero attached hydrogens (tertiary/aromatic N) is 5. The van der Waals surface area contributed by atoms with E-state index in [2.05, 4.69) is 25.6 Å². The van der Waals surface area contributed by atoms with E-state index < -0.39 is 9.84 Å². The van der Waals surface area contributed by atoms with Gasteiger partial charge in [-0.05, 0) is 43.5 Å². The number of ether oxygens (including phenoxy) is 1. The topological polar surface area (TPSA) is 112 Å². The van der Waals surface area contributed by atoms with Gasteiger partial charge in [-0.15, -0.1) is 5.10 Å². The summed E-state index contributed by atoms with van der Waals surface area (Å²) in [5, 5.41) is 11.2. The van der Waals surface area contributed by atoms with E-state index in [1.807, 2.05) is 24.3 Å². The Bertz CT molecular complexity index is 1060. The number of benzene rings is 1. The lowest BCUT2D eigenvalue weighted by Gasteiger charge is -2.12. The fraction of sp³-hybridized carbons (Fsp3) is 0.412. The van der Waals surface area contributed by atoms with Crippen LogP contribution in [0.1, 0.15) is 19.3 Å². The van der Waals surface area contributed by atoms with Gasteiger partial charge < -0.3 is 10.1 Å². The second-order valence-corrected chi connectivity index (χ2v) is 9.03. The Labute approximate surface area is 156 Å². The Morgan fingerprint density at radius 3 is 2.67 bits per heavy atom. The largest absolute Gasteiger partial charge is 0.497 e. The van der Waals surface area contributed by atoms with Gasteiger partial charge in [0.05, 0.1) is 24.2 Å². The van der Waals surface area contributed by atoms with Gasteiger partial charge in [-0.25, -0.2) is 13.4 Å². The first-order valence-corrected chi connectivity index (χ1v) is 10.6. The molecule has 1 N–H and O–H groups in total. The first-order valence-electron chi connectivity index (χ1n) is 8.62. The van der Waals surface area contributed by atoms with Gasteiger partial charge in [0.25, 0.3) is 0 Å². The van der Waals surface area contributed by atoms with E-state index in [0.29, 0.717) is 30.0 Å². The summed E-state index contributed by atoms with van der Waals surface area (Å²) in [5.74, 6) is 1.19. The van der Waals surface area contributed by atoms with Crippen LogP contribution >= 0.6 is 0 Å². The average Bonchev–Trinajstić information content (AvgIpc) is 3.28. The molecule has 0 amide bonds. The molecule has 0 spiro atoms. The van der Waals surface area contributed by atoms with Crippen LogP contribution in [0.4, 0.5) is 5.95 Å². The van der Waals surface area contributed by atoms with E-state index in [0.717, 1.165) is 17.9 Å². The average molecular weight is 388 g/mol. The predicted octanol–water partition coefficient (Wildman–Crippen LogP) is 1.60. The zero-order valence-electron chi connectivity index (χ0n) is 15.0. The molecule has 1 aromatic carbocycles. The summed E-state index contributed by atoms with van der Waals surface area (Å²) in [6.45, 7) is 0. The monoisotopic (exact) mass is 388 g/mol. The lowest BCUT2D eigenvalue weighted by atomic mass is 10.2. The molecule has 9 nitrogen and oxygen atoms in total. The quantitative estimate of drug-likeness (QED) is 0.701. The molecular weight excluding hydrogens is 368 g/mol. The Kier molecular flexibility index (Phi) is 4.42. The zero-order chi connectivity index (χ0) is 19.0. The van der Waals surface area contributed by atoms with Crippen LogP contribution in [0.3, 0.4) is 0 Å². The SMILES string of the molecule is COc1ccc(-n2nnc3cnc(N[C@H]4CC[C@@H](S(C)(=O)=O)C4)nc32)cc1. The van der Waals surface area contributed by atoms with Gasteiger partial charge in [-0.3, -0.25) is 0 Å². The fourth-order valence-corrected chi connectivity index (χ4v) is 4.48. The van der Waals surface area contributed by atoms with Gasteiger partial charge >= 0.3 is 0 Å². The number of hydrogen-bond acceptors (Lipinski definition) is 8. The molecule has 2 aromatic heterocycles. The number of nitrogens with one attached hydrogen (secondary N) is 1. The summed E-state index contributed by atoms with van der Waals surface area (Å²) >= 11 is 0. The maximum absolute atomic E-state index is 11.7. The summed E-state index contributed by atoms with van der Waals surface area (Å²) in [4.78, 5) is 8.82. The molecule has 1 saturated carbocycles. The van der Waals surface area contributed by atoms with Crippen LogP contribution in [-0.4, -0.2) is 58.0 Å². The van der Waals surface area contributed by atoms with Crippen molar-refractivity contribution in [2.45, 2.75) is 30.6 Å². The number of aromatic nitrogens is 5. The summed E-state index contributed by atoms with van der Waals surface area (Å²) in [6.07, 6.45) is 4.90. The highest BCUT2D eigenvalue weighted by atomic mass is 32.2. The number of anilines is 1. The van der Waals surface area contributed by atoms with E-state index in [-0.39, 0.29) is 11.3 Å². The molecule has 2 heterocycles. The maximum atomic E-state index is 11.7. The molecule has 0 bridgehead atoms. The minimum atomic E-state index is -3.02. The number of fused-ring (bicyclic) bond motifs is 1. The van der Waals surface area contributed by atoms with Gasteiger partial charge in [-0.2, -0.15) is 9.67 Å². The van der Waals surface area contributed by atoms with Crippen LogP contribution in [0.15, 0.2) is 30.5 Å². The molecule has 27 heavy (non-hydrogen) atoms. The lowest BCUT2D eigenvalue weighted by Crippen LogP contribution is -2.21. The van der Waals surface area contributed by atoms with Crippen LogP contribution < -0.4 is 10.1 Å². The first kappa shape index (κ1) is 17.7. The van der Waals surface area contributed by atoms with Crippen molar-refractivity contribution in [3.8, 4) is 11.4 Å². The summed E-state index contributed by atoms with van der Waals surface area (Å²) in [7, 11) is -1.40. The van der Waals surface area contributed by atoms with Crippen molar-refractivity contribution < 1.29 is 13.2 Å². The van der Waals surface area contributed by atoms with E-state index in [1.54, 1.807) is 18.0 Å². The predicted molar refractivity (Wildman–Crippen MR) is 101 cm³/mol. The minimum absolute atomic E-state index is 0.0347. The minimum Gasteiger partial charge on any atom is -0.497 e. The highest BCUT2D eigenvalue weighted by molar-refractivity contribution is 7.91. The molecule has 3 aromatic rings. The number of rotatable bonds is 5. The third-order valence-corrected chi connectivity index (χ3v) is 6.47. The molecule has 2 atom stereocenters. The summed E-state index contributed by atoms with van der Waals surface area (Å²) in [6, 6.07) is 7.46. The number of sulfone groups is 1. The Morgan fingerprint density at radius 1 is 1.22 bits per heavy atom. The van der Waals surface area contributed by atoms with E-state index in [9.17, 15) is 8.42 Å². The Morgan fingerprint density at radius 2 is 2.00 bits per heavy atom. The Hall–Kier alpha value is -2.75. The maximum Gasteiger partial charge on any atom is 0.225 e.